The molecule has 7 nitrogen and oxygen atoms in total. The Morgan fingerprint density at radius 2 is 1.54 bits per heavy atom. The molecule has 0 aliphatic carbocycles. The summed E-state index contributed by atoms with van der Waals surface area (Å²) in [5, 5.41) is 0. The van der Waals surface area contributed by atoms with Gasteiger partial charge in [-0.15, -0.1) is 0 Å². The molecule has 2 amide bonds. The summed E-state index contributed by atoms with van der Waals surface area (Å²) >= 11 is 0. The molecule has 2 rings (SSSR count). The normalized spacial score (nSPS) is 14.1. The number of anilines is 1. The van der Waals surface area contributed by atoms with Gasteiger partial charge in [0.25, 0.3) is 5.91 Å². The fraction of sp³-hybridized carbons (Fsp3) is 0.526. The molecule has 1 aromatic rings. The number of piperazine rings is 1. The number of benzene rings is 1. The molecule has 0 spiro atoms. The maximum absolute atomic E-state index is 12.6. The van der Waals surface area contributed by atoms with Gasteiger partial charge in [-0.1, -0.05) is 0 Å². The van der Waals surface area contributed by atoms with Crippen LogP contribution in [0.2, 0.25) is 0 Å². The number of carbonyl (C=O) groups is 3. The second-order valence-electron chi connectivity index (χ2n) is 6.42. The molecule has 0 saturated carbocycles. The highest BCUT2D eigenvalue weighted by Gasteiger charge is 2.25. The van der Waals surface area contributed by atoms with Crippen molar-refractivity contribution in [1.82, 2.24) is 9.80 Å². The Morgan fingerprint density at radius 1 is 0.962 bits per heavy atom. The van der Waals surface area contributed by atoms with Gasteiger partial charge in [-0.05, 0) is 31.2 Å². The van der Waals surface area contributed by atoms with Gasteiger partial charge in [-0.3, -0.25) is 14.4 Å². The third kappa shape index (κ3) is 5.21. The van der Waals surface area contributed by atoms with Crippen molar-refractivity contribution < 1.29 is 19.1 Å². The highest BCUT2D eigenvalue weighted by molar-refractivity contribution is 5.94. The van der Waals surface area contributed by atoms with Gasteiger partial charge >= 0.3 is 5.97 Å². The standard InChI is InChI=1S/C19H27N3O4/c1-4-26-18(24)10-9-17(23)21-11-13-22(14-12-21)19(25)15-5-7-16(8-6-15)20(2)3/h5-8H,4,9-14H2,1-3H3. The van der Waals surface area contributed by atoms with Crippen molar-refractivity contribution in [3.8, 4) is 0 Å². The zero-order valence-corrected chi connectivity index (χ0v) is 15.7. The number of esters is 1. The summed E-state index contributed by atoms with van der Waals surface area (Å²) in [6.07, 6.45) is 0.253. The summed E-state index contributed by atoms with van der Waals surface area (Å²) in [6, 6.07) is 7.49. The van der Waals surface area contributed by atoms with Crippen LogP contribution in [0.1, 0.15) is 30.1 Å². The van der Waals surface area contributed by atoms with Crippen molar-refractivity contribution in [2.24, 2.45) is 0 Å². The average Bonchev–Trinajstić information content (AvgIpc) is 2.66. The van der Waals surface area contributed by atoms with Crippen LogP contribution in [0.15, 0.2) is 24.3 Å². The first kappa shape index (κ1) is 19.8. The average molecular weight is 361 g/mol. The van der Waals surface area contributed by atoms with Crippen LogP contribution in [0, 0.1) is 0 Å². The maximum Gasteiger partial charge on any atom is 0.306 e. The van der Waals surface area contributed by atoms with E-state index in [0.29, 0.717) is 38.3 Å². The number of carbonyl (C=O) groups excluding carboxylic acids is 3. The fourth-order valence-electron chi connectivity index (χ4n) is 2.84. The molecule has 1 aliphatic rings. The molecule has 1 aromatic carbocycles. The highest BCUT2D eigenvalue weighted by Crippen LogP contribution is 2.15. The summed E-state index contributed by atoms with van der Waals surface area (Å²) in [4.78, 5) is 41.6. The van der Waals surface area contributed by atoms with Crippen molar-refractivity contribution in [3.63, 3.8) is 0 Å². The van der Waals surface area contributed by atoms with Crippen molar-refractivity contribution in [2.75, 3.05) is 51.8 Å². The van der Waals surface area contributed by atoms with Crippen LogP contribution < -0.4 is 4.90 Å². The molecule has 0 N–H and O–H groups in total. The quantitative estimate of drug-likeness (QED) is 0.716. The number of hydrogen-bond acceptors (Lipinski definition) is 5. The molecule has 0 radical (unpaired) electrons. The monoisotopic (exact) mass is 361 g/mol. The van der Waals surface area contributed by atoms with Crippen LogP contribution in [0.5, 0.6) is 0 Å². The third-order valence-electron chi connectivity index (χ3n) is 4.40. The summed E-state index contributed by atoms with van der Waals surface area (Å²) in [7, 11) is 3.91. The number of ether oxygens (including phenoxy) is 1. The Labute approximate surface area is 154 Å². The zero-order valence-electron chi connectivity index (χ0n) is 15.7. The number of rotatable bonds is 6. The second kappa shape index (κ2) is 9.22. The van der Waals surface area contributed by atoms with E-state index in [0.717, 1.165) is 5.69 Å². The molecule has 0 aromatic heterocycles. The van der Waals surface area contributed by atoms with Gasteiger partial charge in [0, 0.05) is 57.9 Å². The van der Waals surface area contributed by atoms with Crippen molar-refractivity contribution in [2.45, 2.75) is 19.8 Å². The summed E-state index contributed by atoms with van der Waals surface area (Å²) < 4.78 is 4.83. The van der Waals surface area contributed by atoms with Gasteiger partial charge in [-0.2, -0.15) is 0 Å². The zero-order chi connectivity index (χ0) is 19.1. The summed E-state index contributed by atoms with van der Waals surface area (Å²) in [5.41, 5.74) is 1.69. The molecule has 0 bridgehead atoms. The minimum absolute atomic E-state index is 0.0195. The van der Waals surface area contributed by atoms with Crippen LogP contribution in [-0.4, -0.2) is 74.5 Å². The Kier molecular flexibility index (Phi) is 7.00. The van der Waals surface area contributed by atoms with Crippen LogP contribution >= 0.6 is 0 Å². The minimum Gasteiger partial charge on any atom is -0.466 e. The number of hydrogen-bond donors (Lipinski definition) is 0. The predicted molar refractivity (Wildman–Crippen MR) is 99.1 cm³/mol. The Morgan fingerprint density at radius 3 is 2.08 bits per heavy atom. The van der Waals surface area contributed by atoms with Gasteiger partial charge < -0.3 is 19.4 Å². The molecule has 1 aliphatic heterocycles. The molecule has 0 atom stereocenters. The maximum atomic E-state index is 12.6. The van der Waals surface area contributed by atoms with E-state index in [-0.39, 0.29) is 30.6 Å². The van der Waals surface area contributed by atoms with E-state index in [9.17, 15) is 14.4 Å². The van der Waals surface area contributed by atoms with Gasteiger partial charge in [-0.25, -0.2) is 0 Å². The van der Waals surface area contributed by atoms with Crippen LogP contribution in [0.3, 0.4) is 0 Å². The number of amides is 2. The van der Waals surface area contributed by atoms with Gasteiger partial charge in [0.1, 0.15) is 0 Å². The van der Waals surface area contributed by atoms with Crippen LogP contribution in [0.4, 0.5) is 5.69 Å². The lowest BCUT2D eigenvalue weighted by atomic mass is 10.1. The van der Waals surface area contributed by atoms with E-state index in [1.807, 2.05) is 43.3 Å². The third-order valence-corrected chi connectivity index (χ3v) is 4.40. The Bertz CT molecular complexity index is 635. The topological polar surface area (TPSA) is 70.2 Å². The molecular formula is C19H27N3O4. The molecule has 1 saturated heterocycles. The largest absolute Gasteiger partial charge is 0.466 e. The first-order valence-corrected chi connectivity index (χ1v) is 8.92. The lowest BCUT2D eigenvalue weighted by molar-refractivity contribution is -0.146. The first-order valence-electron chi connectivity index (χ1n) is 8.92. The first-order chi connectivity index (χ1) is 12.4. The van der Waals surface area contributed by atoms with E-state index in [1.165, 1.54) is 0 Å². The van der Waals surface area contributed by atoms with Gasteiger partial charge in [0.05, 0.1) is 13.0 Å². The molecule has 0 unspecified atom stereocenters. The molecule has 7 heteroatoms. The summed E-state index contributed by atoms with van der Waals surface area (Å²) in [5.74, 6) is -0.440. The lowest BCUT2D eigenvalue weighted by Crippen LogP contribution is -2.50. The minimum atomic E-state index is -0.351. The predicted octanol–water partition coefficient (Wildman–Crippen LogP) is 1.38. The van der Waals surface area contributed by atoms with E-state index in [1.54, 1.807) is 16.7 Å². The summed E-state index contributed by atoms with van der Waals surface area (Å²) in [6.45, 7) is 4.04. The van der Waals surface area contributed by atoms with Crippen molar-refractivity contribution in [3.05, 3.63) is 29.8 Å². The van der Waals surface area contributed by atoms with Crippen molar-refractivity contribution >= 4 is 23.5 Å². The van der Waals surface area contributed by atoms with E-state index >= 15 is 0 Å². The van der Waals surface area contributed by atoms with Gasteiger partial charge in [0.2, 0.25) is 5.91 Å². The smallest absolute Gasteiger partial charge is 0.306 e. The molecule has 1 heterocycles. The lowest BCUT2D eigenvalue weighted by Gasteiger charge is -2.35. The van der Waals surface area contributed by atoms with Gasteiger partial charge in [0.15, 0.2) is 0 Å². The van der Waals surface area contributed by atoms with Crippen LogP contribution in [-0.2, 0) is 14.3 Å². The molecule has 26 heavy (non-hydrogen) atoms. The highest BCUT2D eigenvalue weighted by atomic mass is 16.5. The van der Waals surface area contributed by atoms with E-state index < -0.39 is 0 Å². The SMILES string of the molecule is CCOC(=O)CCC(=O)N1CCN(C(=O)c2ccc(N(C)C)cc2)CC1. The molecule has 142 valence electrons. The number of nitrogens with zero attached hydrogens (tertiary/aromatic N) is 3. The van der Waals surface area contributed by atoms with E-state index in [2.05, 4.69) is 0 Å². The van der Waals surface area contributed by atoms with Crippen molar-refractivity contribution in [1.29, 1.82) is 0 Å². The Hall–Kier alpha value is -2.57. The van der Waals surface area contributed by atoms with Crippen LogP contribution in [0.25, 0.3) is 0 Å². The fourth-order valence-corrected chi connectivity index (χ4v) is 2.84. The Balaban J connectivity index is 1.82. The van der Waals surface area contributed by atoms with E-state index in [4.69, 9.17) is 4.74 Å². The molecule has 1 fully saturated rings. The second-order valence-corrected chi connectivity index (χ2v) is 6.42. The molecular weight excluding hydrogens is 334 g/mol.